The predicted octanol–water partition coefficient (Wildman–Crippen LogP) is 6.85. The number of benzene rings is 2. The Morgan fingerprint density at radius 3 is 2.08 bits per heavy atom. The van der Waals surface area contributed by atoms with Crippen molar-refractivity contribution in [1.82, 2.24) is 24.5 Å². The van der Waals surface area contributed by atoms with Gasteiger partial charge in [0.1, 0.15) is 11.5 Å². The van der Waals surface area contributed by atoms with E-state index in [4.69, 9.17) is 9.97 Å². The fraction of sp³-hybridized carbons (Fsp3) is 0. The van der Waals surface area contributed by atoms with Crippen molar-refractivity contribution in [1.29, 1.82) is 0 Å². The first-order valence-electron chi connectivity index (χ1n) is 11.5. The van der Waals surface area contributed by atoms with Crippen molar-refractivity contribution in [2.45, 2.75) is 0 Å². The molecule has 0 unspecified atom stereocenters. The van der Waals surface area contributed by atoms with Gasteiger partial charge in [0, 0.05) is 53.6 Å². The second kappa shape index (κ2) is 9.06. The van der Waals surface area contributed by atoms with Crippen LogP contribution >= 0.6 is 0 Å². The number of hydrogen-bond acceptors (Lipinski definition) is 4. The molecule has 0 saturated carbocycles. The summed E-state index contributed by atoms with van der Waals surface area (Å²) in [5.41, 5.74) is 6.43. The average molecular weight is 552 g/mol. The largest absolute Gasteiger partial charge is 0.278 e. The minimum Gasteiger partial charge on any atom is -0.278 e. The molecule has 0 N–H and O–H groups in total. The van der Waals surface area contributed by atoms with Gasteiger partial charge in [0.2, 0.25) is 0 Å². The van der Waals surface area contributed by atoms with Crippen LogP contribution in [0, 0.1) is 0 Å². The van der Waals surface area contributed by atoms with E-state index in [0.29, 0.717) is 0 Å². The van der Waals surface area contributed by atoms with Gasteiger partial charge in [-0.1, -0.05) is 54.6 Å². The molecule has 7 rings (SSSR count). The van der Waals surface area contributed by atoms with E-state index >= 15 is 0 Å². The van der Waals surface area contributed by atoms with Crippen LogP contribution in [0.4, 0.5) is 0 Å². The molecule has 0 bridgehead atoms. The Morgan fingerprint density at radius 2 is 1.28 bits per heavy atom. The van der Waals surface area contributed by atoms with Gasteiger partial charge in [0.25, 0.3) is 0 Å². The summed E-state index contributed by atoms with van der Waals surface area (Å²) in [5, 5.41) is 3.32. The van der Waals surface area contributed by atoms with E-state index in [-0.39, 0.29) is 19.5 Å². The SMILES string of the molecule is [Rh].c1ccc(-c2cccc(-n3c4ccccc4c4cc5cccc(-c6ccccn6)c5nc43)n2)nc1. The summed E-state index contributed by atoms with van der Waals surface area (Å²) in [4.78, 5) is 19.3. The molecule has 0 aliphatic rings. The number of aromatic nitrogens is 5. The summed E-state index contributed by atoms with van der Waals surface area (Å²) >= 11 is 0. The molecule has 173 valence electrons. The van der Waals surface area contributed by atoms with Crippen molar-refractivity contribution in [2.24, 2.45) is 0 Å². The predicted molar refractivity (Wildman–Crippen MR) is 140 cm³/mol. The first-order valence-corrected chi connectivity index (χ1v) is 11.5. The van der Waals surface area contributed by atoms with Crippen LogP contribution in [0.5, 0.6) is 0 Å². The molecule has 0 saturated heterocycles. The average Bonchev–Trinajstić information content (AvgIpc) is 3.26. The molecular formula is C30H19N5Rh. The van der Waals surface area contributed by atoms with Crippen LogP contribution in [0.1, 0.15) is 0 Å². The Kier molecular flexibility index (Phi) is 5.59. The van der Waals surface area contributed by atoms with Crippen molar-refractivity contribution >= 4 is 32.8 Å². The fourth-order valence-corrected chi connectivity index (χ4v) is 4.73. The van der Waals surface area contributed by atoms with Gasteiger partial charge >= 0.3 is 0 Å². The van der Waals surface area contributed by atoms with E-state index in [0.717, 1.165) is 61.3 Å². The van der Waals surface area contributed by atoms with Gasteiger partial charge in [-0.25, -0.2) is 9.97 Å². The third-order valence-corrected chi connectivity index (χ3v) is 6.30. The monoisotopic (exact) mass is 552 g/mol. The number of pyridine rings is 4. The zero-order valence-electron chi connectivity index (χ0n) is 19.0. The number of rotatable bonds is 3. The second-order valence-electron chi connectivity index (χ2n) is 8.40. The molecule has 5 aromatic heterocycles. The van der Waals surface area contributed by atoms with Gasteiger partial charge in [-0.05, 0) is 48.5 Å². The van der Waals surface area contributed by atoms with Crippen molar-refractivity contribution in [2.75, 3.05) is 0 Å². The Morgan fingerprint density at radius 1 is 0.556 bits per heavy atom. The Bertz CT molecular complexity index is 1850. The normalized spacial score (nSPS) is 11.1. The van der Waals surface area contributed by atoms with Gasteiger partial charge in [0.15, 0.2) is 0 Å². The maximum Gasteiger partial charge on any atom is 0.147 e. The van der Waals surface area contributed by atoms with E-state index in [1.54, 1.807) is 6.20 Å². The Balaban J connectivity index is 0.00000240. The number of nitrogens with zero attached hydrogens (tertiary/aromatic N) is 5. The summed E-state index contributed by atoms with van der Waals surface area (Å²) in [5.74, 6) is 0.807. The Labute approximate surface area is 220 Å². The quantitative estimate of drug-likeness (QED) is 0.225. The third-order valence-electron chi connectivity index (χ3n) is 6.30. The van der Waals surface area contributed by atoms with Crippen LogP contribution in [0.2, 0.25) is 0 Å². The molecule has 0 amide bonds. The van der Waals surface area contributed by atoms with Crippen molar-refractivity contribution in [3.05, 3.63) is 116 Å². The van der Waals surface area contributed by atoms with Gasteiger partial charge in [-0.3, -0.25) is 14.5 Å². The second-order valence-corrected chi connectivity index (χ2v) is 8.40. The molecule has 6 heteroatoms. The van der Waals surface area contributed by atoms with E-state index in [2.05, 4.69) is 63.1 Å². The molecule has 7 aromatic rings. The van der Waals surface area contributed by atoms with Gasteiger partial charge in [0.05, 0.1) is 28.1 Å². The fourth-order valence-electron chi connectivity index (χ4n) is 4.73. The number of para-hydroxylation sites is 2. The molecule has 0 aliphatic carbocycles. The van der Waals surface area contributed by atoms with E-state index in [9.17, 15) is 0 Å². The summed E-state index contributed by atoms with van der Waals surface area (Å²) < 4.78 is 2.14. The zero-order valence-corrected chi connectivity index (χ0v) is 20.7. The minimum absolute atomic E-state index is 0. The minimum atomic E-state index is 0. The van der Waals surface area contributed by atoms with Crippen LogP contribution in [0.15, 0.2) is 116 Å². The van der Waals surface area contributed by atoms with Gasteiger partial charge in [-0.15, -0.1) is 0 Å². The molecule has 0 atom stereocenters. The van der Waals surface area contributed by atoms with E-state index in [1.165, 1.54) is 0 Å². The molecule has 5 heterocycles. The van der Waals surface area contributed by atoms with Gasteiger partial charge < -0.3 is 0 Å². The molecular weight excluding hydrogens is 533 g/mol. The van der Waals surface area contributed by atoms with Crippen LogP contribution in [-0.2, 0) is 19.5 Å². The standard InChI is InChI=1S/C30H19N5.Rh/c1-2-15-27-21(10-1)23-19-20-9-7-11-22(24-12-3-5-17-31-24)29(20)34-30(23)35(27)28-16-8-14-26(33-28)25-13-4-6-18-32-25;/h1-19H;. The molecule has 0 spiro atoms. The van der Waals surface area contributed by atoms with Gasteiger partial charge in [-0.2, -0.15) is 0 Å². The summed E-state index contributed by atoms with van der Waals surface area (Å²) in [6.45, 7) is 0. The molecule has 0 fully saturated rings. The van der Waals surface area contributed by atoms with Crippen molar-refractivity contribution < 1.29 is 19.5 Å². The summed E-state index contributed by atoms with van der Waals surface area (Å²) in [6, 6.07) is 34.7. The first kappa shape index (κ1) is 22.2. The smallest absolute Gasteiger partial charge is 0.147 e. The summed E-state index contributed by atoms with van der Waals surface area (Å²) in [6.07, 6.45) is 3.60. The van der Waals surface area contributed by atoms with E-state index < -0.39 is 0 Å². The van der Waals surface area contributed by atoms with Crippen molar-refractivity contribution in [3.63, 3.8) is 0 Å². The Hall–Kier alpha value is -4.28. The van der Waals surface area contributed by atoms with Crippen LogP contribution < -0.4 is 0 Å². The topological polar surface area (TPSA) is 56.5 Å². The molecule has 5 nitrogen and oxygen atoms in total. The number of hydrogen-bond donors (Lipinski definition) is 0. The third kappa shape index (κ3) is 3.58. The van der Waals surface area contributed by atoms with Crippen LogP contribution in [0.25, 0.3) is 61.3 Å². The molecule has 1 radical (unpaired) electrons. The maximum atomic E-state index is 5.24. The maximum absolute atomic E-state index is 5.24. The molecule has 0 aliphatic heterocycles. The molecule has 2 aromatic carbocycles. The van der Waals surface area contributed by atoms with Crippen molar-refractivity contribution in [3.8, 4) is 28.5 Å². The summed E-state index contributed by atoms with van der Waals surface area (Å²) in [7, 11) is 0. The molecule has 36 heavy (non-hydrogen) atoms. The zero-order chi connectivity index (χ0) is 23.2. The van der Waals surface area contributed by atoms with E-state index in [1.807, 2.05) is 60.8 Å². The first-order chi connectivity index (χ1) is 17.4. The van der Waals surface area contributed by atoms with Crippen LogP contribution in [-0.4, -0.2) is 24.5 Å². The number of fused-ring (bicyclic) bond motifs is 4. The van der Waals surface area contributed by atoms with Crippen LogP contribution in [0.3, 0.4) is 0 Å².